The number of nitrogens with zero attached hydrogens (tertiary/aromatic N) is 2. The van der Waals surface area contributed by atoms with Crippen molar-refractivity contribution in [3.05, 3.63) is 98.7 Å². The van der Waals surface area contributed by atoms with Crippen LogP contribution in [-0.4, -0.2) is 17.0 Å². The van der Waals surface area contributed by atoms with E-state index in [0.717, 1.165) is 16.3 Å². The van der Waals surface area contributed by atoms with Crippen molar-refractivity contribution in [2.75, 3.05) is 0 Å². The average molecular weight is 478 g/mol. The number of nitro groups is 1. The Hall–Kier alpha value is -3.78. The van der Waals surface area contributed by atoms with Gasteiger partial charge in [0, 0.05) is 10.5 Å². The number of halogens is 1. The van der Waals surface area contributed by atoms with Gasteiger partial charge in [-0.25, -0.2) is 5.43 Å². The highest BCUT2D eigenvalue weighted by Gasteiger charge is 2.18. The molecule has 1 N–H and O–H groups in total. The maximum atomic E-state index is 12.3. The fourth-order valence-electron chi connectivity index (χ4n) is 3.26. The number of furan rings is 1. The first kappa shape index (κ1) is 20.5. The standard InChI is InChI=1S/C23H16BrN3O4/c24-17-8-10-20(21(13-17)27(29)30)22-11-9-18(31-22)14-25-26-23(28)12-16-6-3-5-15-4-1-2-7-19(15)16/h1-11,13-14H,12H2,(H,26,28)/b25-14-. The van der Waals surface area contributed by atoms with Crippen molar-refractivity contribution in [1.82, 2.24) is 5.43 Å². The summed E-state index contributed by atoms with van der Waals surface area (Å²) in [6, 6.07) is 21.7. The van der Waals surface area contributed by atoms with Crippen LogP contribution in [-0.2, 0) is 11.2 Å². The highest BCUT2D eigenvalue weighted by molar-refractivity contribution is 9.10. The fourth-order valence-corrected chi connectivity index (χ4v) is 3.61. The molecule has 0 atom stereocenters. The molecule has 4 rings (SSSR count). The maximum absolute atomic E-state index is 12.3. The summed E-state index contributed by atoms with van der Waals surface area (Å²) in [6.45, 7) is 0. The number of hydrazone groups is 1. The van der Waals surface area contributed by atoms with Gasteiger partial charge >= 0.3 is 0 Å². The Morgan fingerprint density at radius 3 is 2.74 bits per heavy atom. The van der Waals surface area contributed by atoms with Crippen LogP contribution in [0.15, 0.2) is 86.8 Å². The first-order valence-electron chi connectivity index (χ1n) is 9.34. The van der Waals surface area contributed by atoms with Crippen molar-refractivity contribution >= 4 is 44.5 Å². The van der Waals surface area contributed by atoms with E-state index in [0.29, 0.717) is 21.6 Å². The molecule has 1 amide bonds. The second-order valence-corrected chi connectivity index (χ2v) is 7.64. The molecule has 3 aromatic carbocycles. The van der Waals surface area contributed by atoms with Crippen LogP contribution < -0.4 is 5.43 Å². The van der Waals surface area contributed by atoms with Crippen LogP contribution in [0.4, 0.5) is 5.69 Å². The number of nitro benzene ring substituents is 1. The molecule has 8 heteroatoms. The Labute approximate surface area is 185 Å². The number of fused-ring (bicyclic) bond motifs is 1. The first-order valence-corrected chi connectivity index (χ1v) is 10.1. The molecular formula is C23H16BrN3O4. The van der Waals surface area contributed by atoms with E-state index in [2.05, 4.69) is 26.5 Å². The van der Waals surface area contributed by atoms with E-state index in [1.807, 2.05) is 42.5 Å². The van der Waals surface area contributed by atoms with Gasteiger partial charge in [-0.05, 0) is 40.6 Å². The van der Waals surface area contributed by atoms with Gasteiger partial charge in [-0.15, -0.1) is 0 Å². The molecule has 154 valence electrons. The second kappa shape index (κ2) is 8.93. The van der Waals surface area contributed by atoms with Crippen LogP contribution in [0.1, 0.15) is 11.3 Å². The third-order valence-corrected chi connectivity index (χ3v) is 5.15. The Bertz CT molecular complexity index is 1310. The van der Waals surface area contributed by atoms with Crippen molar-refractivity contribution < 1.29 is 14.1 Å². The van der Waals surface area contributed by atoms with E-state index < -0.39 is 4.92 Å². The molecule has 0 spiro atoms. The molecule has 0 fully saturated rings. The number of amides is 1. The molecule has 1 heterocycles. The highest BCUT2D eigenvalue weighted by atomic mass is 79.9. The van der Waals surface area contributed by atoms with Crippen molar-refractivity contribution in [2.45, 2.75) is 6.42 Å². The summed E-state index contributed by atoms with van der Waals surface area (Å²) in [5.74, 6) is 0.434. The monoisotopic (exact) mass is 477 g/mol. The molecule has 0 saturated heterocycles. The molecule has 0 unspecified atom stereocenters. The lowest BCUT2D eigenvalue weighted by molar-refractivity contribution is -0.384. The lowest BCUT2D eigenvalue weighted by Crippen LogP contribution is -2.19. The van der Waals surface area contributed by atoms with Gasteiger partial charge in [0.15, 0.2) is 0 Å². The molecule has 0 aliphatic rings. The van der Waals surface area contributed by atoms with E-state index in [4.69, 9.17) is 4.42 Å². The lowest BCUT2D eigenvalue weighted by atomic mass is 10.0. The third kappa shape index (κ3) is 4.70. The number of nitrogens with one attached hydrogen (secondary N) is 1. The van der Waals surface area contributed by atoms with E-state index in [9.17, 15) is 14.9 Å². The maximum Gasteiger partial charge on any atom is 0.281 e. The van der Waals surface area contributed by atoms with Gasteiger partial charge in [0.1, 0.15) is 11.5 Å². The lowest BCUT2D eigenvalue weighted by Gasteiger charge is -2.05. The largest absolute Gasteiger partial charge is 0.455 e. The molecular weight excluding hydrogens is 462 g/mol. The molecule has 31 heavy (non-hydrogen) atoms. The summed E-state index contributed by atoms with van der Waals surface area (Å²) in [7, 11) is 0. The summed E-state index contributed by atoms with van der Waals surface area (Å²) in [5.41, 5.74) is 3.68. The van der Waals surface area contributed by atoms with Gasteiger partial charge in [-0.1, -0.05) is 58.4 Å². The van der Waals surface area contributed by atoms with Gasteiger partial charge in [-0.2, -0.15) is 5.10 Å². The van der Waals surface area contributed by atoms with Crippen LogP contribution >= 0.6 is 15.9 Å². The van der Waals surface area contributed by atoms with Gasteiger partial charge < -0.3 is 4.42 Å². The van der Waals surface area contributed by atoms with Crippen LogP contribution in [0.5, 0.6) is 0 Å². The number of hydrogen-bond donors (Lipinski definition) is 1. The SMILES string of the molecule is O=C(Cc1cccc2ccccc12)N/N=C\c1ccc(-c2ccc(Br)cc2[N+](=O)[O-])o1. The van der Waals surface area contributed by atoms with Crippen LogP contribution in [0.3, 0.4) is 0 Å². The number of benzene rings is 3. The van der Waals surface area contributed by atoms with E-state index in [1.165, 1.54) is 12.3 Å². The number of rotatable bonds is 6. The summed E-state index contributed by atoms with van der Waals surface area (Å²) < 4.78 is 6.24. The van der Waals surface area contributed by atoms with Crippen LogP contribution in [0, 0.1) is 10.1 Å². The molecule has 0 saturated carbocycles. The summed E-state index contributed by atoms with van der Waals surface area (Å²) in [5, 5.41) is 17.3. The van der Waals surface area contributed by atoms with Crippen LogP contribution in [0.2, 0.25) is 0 Å². The normalized spacial score (nSPS) is 11.1. The molecule has 0 aliphatic heterocycles. The van der Waals surface area contributed by atoms with Crippen molar-refractivity contribution in [3.63, 3.8) is 0 Å². The smallest absolute Gasteiger partial charge is 0.281 e. The molecule has 0 aliphatic carbocycles. The molecule has 0 bridgehead atoms. The number of carbonyl (C=O) groups excluding carboxylic acids is 1. The molecule has 0 radical (unpaired) electrons. The predicted octanol–water partition coefficient (Wildman–Crippen LogP) is 5.46. The van der Waals surface area contributed by atoms with Crippen molar-refractivity contribution in [1.29, 1.82) is 0 Å². The van der Waals surface area contributed by atoms with E-state index in [1.54, 1.807) is 24.3 Å². The van der Waals surface area contributed by atoms with Crippen molar-refractivity contribution in [2.24, 2.45) is 5.10 Å². The fraction of sp³-hybridized carbons (Fsp3) is 0.0435. The zero-order valence-corrected chi connectivity index (χ0v) is 17.7. The number of carbonyl (C=O) groups is 1. The Balaban J connectivity index is 1.44. The Kier molecular flexibility index (Phi) is 5.90. The van der Waals surface area contributed by atoms with Crippen LogP contribution in [0.25, 0.3) is 22.1 Å². The topological polar surface area (TPSA) is 97.7 Å². The average Bonchev–Trinajstić information content (AvgIpc) is 3.22. The third-order valence-electron chi connectivity index (χ3n) is 4.66. The Morgan fingerprint density at radius 1 is 1.10 bits per heavy atom. The zero-order valence-electron chi connectivity index (χ0n) is 16.1. The summed E-state index contributed by atoms with van der Waals surface area (Å²) >= 11 is 3.23. The Morgan fingerprint density at radius 2 is 1.90 bits per heavy atom. The van der Waals surface area contributed by atoms with Gasteiger partial charge in [0.2, 0.25) is 5.91 Å². The minimum atomic E-state index is -0.468. The van der Waals surface area contributed by atoms with Gasteiger partial charge in [0.25, 0.3) is 5.69 Å². The quantitative estimate of drug-likeness (QED) is 0.226. The highest BCUT2D eigenvalue weighted by Crippen LogP contribution is 2.33. The number of hydrogen-bond acceptors (Lipinski definition) is 5. The second-order valence-electron chi connectivity index (χ2n) is 6.73. The molecule has 7 nitrogen and oxygen atoms in total. The summed E-state index contributed by atoms with van der Waals surface area (Å²) in [6.07, 6.45) is 1.54. The molecule has 1 aromatic heterocycles. The van der Waals surface area contributed by atoms with E-state index in [-0.39, 0.29) is 18.0 Å². The van der Waals surface area contributed by atoms with Crippen molar-refractivity contribution in [3.8, 4) is 11.3 Å². The molecule has 4 aromatic rings. The summed E-state index contributed by atoms with van der Waals surface area (Å²) in [4.78, 5) is 23.1. The minimum Gasteiger partial charge on any atom is -0.455 e. The van der Waals surface area contributed by atoms with Gasteiger partial charge in [0.05, 0.1) is 23.1 Å². The first-order chi connectivity index (χ1) is 15.0. The van der Waals surface area contributed by atoms with Gasteiger partial charge in [-0.3, -0.25) is 14.9 Å². The minimum absolute atomic E-state index is 0.0735. The predicted molar refractivity (Wildman–Crippen MR) is 122 cm³/mol. The van der Waals surface area contributed by atoms with E-state index >= 15 is 0 Å². The zero-order chi connectivity index (χ0) is 21.8.